The van der Waals surface area contributed by atoms with E-state index < -0.39 is 12.1 Å². The van der Waals surface area contributed by atoms with Crippen LogP contribution in [-0.2, 0) is 0 Å². The molecule has 14 heavy (non-hydrogen) atoms. The van der Waals surface area contributed by atoms with Gasteiger partial charge in [-0.3, -0.25) is 5.84 Å². The minimum absolute atomic E-state index is 0.0117. The Hall–Kier alpha value is -0.390. The van der Waals surface area contributed by atoms with Crippen LogP contribution in [0.1, 0.15) is 6.42 Å². The highest BCUT2D eigenvalue weighted by Gasteiger charge is 2.40. The summed E-state index contributed by atoms with van der Waals surface area (Å²) in [4.78, 5) is 0. The zero-order valence-electron chi connectivity index (χ0n) is 6.83. The van der Waals surface area contributed by atoms with Crippen molar-refractivity contribution in [3.05, 3.63) is 21.8 Å². The van der Waals surface area contributed by atoms with Gasteiger partial charge in [-0.2, -0.15) is 13.2 Å². The van der Waals surface area contributed by atoms with Crippen molar-refractivity contribution in [2.45, 2.75) is 12.6 Å². The number of halogens is 5. The summed E-state index contributed by atoms with van der Waals surface area (Å²) in [5, 5.41) is -0.117. The molecule has 0 radical (unpaired) electrons. The summed E-state index contributed by atoms with van der Waals surface area (Å²) in [6.07, 6.45) is -3.77. The molecule has 1 unspecified atom stereocenters. The fourth-order valence-corrected chi connectivity index (χ4v) is 1.79. The number of allylic oxidation sites excluding steroid dienone is 3. The Morgan fingerprint density at radius 1 is 1.43 bits per heavy atom. The van der Waals surface area contributed by atoms with Crippen LogP contribution in [0.5, 0.6) is 0 Å². The third-order valence-corrected chi connectivity index (χ3v) is 2.48. The molecule has 80 valence electrons. The molecule has 0 spiro atoms. The summed E-state index contributed by atoms with van der Waals surface area (Å²) in [6, 6.07) is 0. The molecule has 0 aromatic carbocycles. The molecule has 2 nitrogen and oxygen atoms in total. The highest BCUT2D eigenvalue weighted by Crippen LogP contribution is 2.39. The van der Waals surface area contributed by atoms with Crippen LogP contribution in [0.3, 0.4) is 0 Å². The first kappa shape index (κ1) is 11.7. The van der Waals surface area contributed by atoms with Gasteiger partial charge in [0.2, 0.25) is 0 Å². The van der Waals surface area contributed by atoms with Crippen molar-refractivity contribution < 1.29 is 13.2 Å². The fourth-order valence-electron chi connectivity index (χ4n) is 1.10. The van der Waals surface area contributed by atoms with Gasteiger partial charge in [-0.25, -0.2) is 0 Å². The molecular formula is C7H7Cl2F3N2. The standard InChI is InChI=1S/C7H7Cl2F3N2/c8-4-1-3(7(10,11)12)2-5(9)6(4)14-13/h1,3,14H,2,13H2. The van der Waals surface area contributed by atoms with Gasteiger partial charge in [-0.15, -0.1) is 0 Å². The van der Waals surface area contributed by atoms with Crippen LogP contribution in [0.2, 0.25) is 0 Å². The number of hydrogen-bond donors (Lipinski definition) is 2. The molecule has 0 saturated carbocycles. The van der Waals surface area contributed by atoms with E-state index in [0.29, 0.717) is 0 Å². The number of hydrazine groups is 1. The first-order valence-electron chi connectivity index (χ1n) is 3.66. The van der Waals surface area contributed by atoms with Gasteiger partial charge in [0.15, 0.2) is 0 Å². The van der Waals surface area contributed by atoms with Crippen LogP contribution in [0, 0.1) is 5.92 Å². The van der Waals surface area contributed by atoms with Crippen molar-refractivity contribution in [1.29, 1.82) is 0 Å². The first-order chi connectivity index (χ1) is 6.36. The van der Waals surface area contributed by atoms with Crippen molar-refractivity contribution in [3.8, 4) is 0 Å². The van der Waals surface area contributed by atoms with Gasteiger partial charge in [0, 0.05) is 11.5 Å². The monoisotopic (exact) mass is 246 g/mol. The maximum atomic E-state index is 12.3. The van der Waals surface area contributed by atoms with Gasteiger partial charge < -0.3 is 5.43 Å². The maximum absolute atomic E-state index is 12.3. The molecule has 1 aliphatic rings. The number of nitrogens with two attached hydrogens (primary N) is 1. The predicted molar refractivity (Wildman–Crippen MR) is 48.3 cm³/mol. The minimum Gasteiger partial charge on any atom is -0.322 e. The van der Waals surface area contributed by atoms with Crippen LogP contribution in [0.25, 0.3) is 0 Å². The first-order valence-corrected chi connectivity index (χ1v) is 4.41. The Labute approximate surface area is 88.5 Å². The lowest BCUT2D eigenvalue weighted by Crippen LogP contribution is -2.29. The minimum atomic E-state index is -4.33. The van der Waals surface area contributed by atoms with E-state index in [0.717, 1.165) is 6.08 Å². The average Bonchev–Trinajstić information content (AvgIpc) is 2.01. The molecule has 0 aromatic heterocycles. The molecular weight excluding hydrogens is 240 g/mol. The molecule has 0 bridgehead atoms. The van der Waals surface area contributed by atoms with Crippen molar-refractivity contribution in [1.82, 2.24) is 5.43 Å². The molecule has 0 aromatic rings. The highest BCUT2D eigenvalue weighted by atomic mass is 35.5. The summed E-state index contributed by atoms with van der Waals surface area (Å²) in [7, 11) is 0. The Morgan fingerprint density at radius 3 is 2.36 bits per heavy atom. The molecule has 0 aliphatic heterocycles. The van der Waals surface area contributed by atoms with Crippen molar-refractivity contribution in [3.63, 3.8) is 0 Å². The van der Waals surface area contributed by atoms with E-state index >= 15 is 0 Å². The molecule has 7 heteroatoms. The van der Waals surface area contributed by atoms with Gasteiger partial charge in [0.1, 0.15) is 0 Å². The van der Waals surface area contributed by atoms with Crippen molar-refractivity contribution >= 4 is 23.2 Å². The quantitative estimate of drug-likeness (QED) is 0.552. The van der Waals surface area contributed by atoms with Crippen LogP contribution in [0.15, 0.2) is 21.8 Å². The molecule has 1 aliphatic carbocycles. The van der Waals surface area contributed by atoms with E-state index in [1.165, 1.54) is 0 Å². The normalized spacial score (nSPS) is 23.6. The van der Waals surface area contributed by atoms with E-state index in [1.54, 1.807) is 0 Å². The van der Waals surface area contributed by atoms with Gasteiger partial charge in [-0.05, 0) is 0 Å². The second-order valence-corrected chi connectivity index (χ2v) is 3.65. The van der Waals surface area contributed by atoms with E-state index in [4.69, 9.17) is 29.0 Å². The third-order valence-electron chi connectivity index (χ3n) is 1.82. The summed E-state index contributed by atoms with van der Waals surface area (Å²) >= 11 is 11.1. The second kappa shape index (κ2) is 4.00. The van der Waals surface area contributed by atoms with Crippen LogP contribution in [0.4, 0.5) is 13.2 Å². The van der Waals surface area contributed by atoms with Crippen LogP contribution in [-0.4, -0.2) is 6.18 Å². The lowest BCUT2D eigenvalue weighted by molar-refractivity contribution is -0.160. The van der Waals surface area contributed by atoms with Gasteiger partial charge in [0.05, 0.1) is 16.6 Å². The molecule has 1 atom stereocenters. The lowest BCUT2D eigenvalue weighted by Gasteiger charge is -2.23. The Balaban J connectivity index is 2.94. The smallest absolute Gasteiger partial charge is 0.322 e. The predicted octanol–water partition coefficient (Wildman–Crippen LogP) is 2.61. The van der Waals surface area contributed by atoms with E-state index in [1.807, 2.05) is 0 Å². The number of hydrogen-bond acceptors (Lipinski definition) is 2. The van der Waals surface area contributed by atoms with Crippen LogP contribution < -0.4 is 11.3 Å². The fraction of sp³-hybridized carbons (Fsp3) is 0.429. The maximum Gasteiger partial charge on any atom is 0.395 e. The molecule has 3 N–H and O–H groups in total. The van der Waals surface area contributed by atoms with Crippen molar-refractivity contribution in [2.75, 3.05) is 0 Å². The lowest BCUT2D eigenvalue weighted by atomic mass is 9.98. The molecule has 0 saturated heterocycles. The SMILES string of the molecule is NNC1=C(Cl)CC(C(F)(F)F)C=C1Cl. The zero-order valence-corrected chi connectivity index (χ0v) is 8.34. The summed E-state index contributed by atoms with van der Waals surface area (Å²) in [5.41, 5.74) is 2.30. The summed E-state index contributed by atoms with van der Waals surface area (Å²) < 4.78 is 36.8. The average molecular weight is 247 g/mol. The summed E-state index contributed by atoms with van der Waals surface area (Å²) in [5.74, 6) is 3.40. The Morgan fingerprint density at radius 2 is 2.00 bits per heavy atom. The van der Waals surface area contributed by atoms with Gasteiger partial charge >= 0.3 is 6.18 Å². The number of alkyl halides is 3. The van der Waals surface area contributed by atoms with Gasteiger partial charge in [0.25, 0.3) is 0 Å². The topological polar surface area (TPSA) is 38.0 Å². The molecule has 0 amide bonds. The highest BCUT2D eigenvalue weighted by molar-refractivity contribution is 6.35. The molecule has 0 heterocycles. The number of rotatable bonds is 1. The Kier molecular flexibility index (Phi) is 3.34. The molecule has 1 rings (SSSR count). The Bertz CT molecular complexity index is 296. The third kappa shape index (κ3) is 2.34. The number of nitrogens with one attached hydrogen (secondary N) is 1. The van der Waals surface area contributed by atoms with E-state index in [2.05, 4.69) is 5.43 Å². The largest absolute Gasteiger partial charge is 0.395 e. The van der Waals surface area contributed by atoms with Crippen molar-refractivity contribution in [2.24, 2.45) is 11.8 Å². The zero-order chi connectivity index (χ0) is 10.9. The van der Waals surface area contributed by atoms with E-state index in [9.17, 15) is 13.2 Å². The van der Waals surface area contributed by atoms with Crippen LogP contribution >= 0.6 is 23.2 Å². The molecule has 0 fully saturated rings. The second-order valence-electron chi connectivity index (χ2n) is 2.79. The van der Waals surface area contributed by atoms with E-state index in [-0.39, 0.29) is 22.2 Å². The van der Waals surface area contributed by atoms with Gasteiger partial charge in [-0.1, -0.05) is 29.3 Å². The summed E-state index contributed by atoms with van der Waals surface area (Å²) in [6.45, 7) is 0.